The summed E-state index contributed by atoms with van der Waals surface area (Å²) in [7, 11) is 0. The lowest BCUT2D eigenvalue weighted by atomic mass is 10.0. The number of carbonyl (C=O) groups excluding carboxylic acids is 1. The smallest absolute Gasteiger partial charge is 0.252 e. The van der Waals surface area contributed by atoms with Crippen LogP contribution in [-0.2, 0) is 6.42 Å². The van der Waals surface area contributed by atoms with Crippen LogP contribution in [0.15, 0.2) is 18.2 Å². The molecule has 1 unspecified atom stereocenters. The molecular formula is C14H20ClNO2. The van der Waals surface area contributed by atoms with E-state index in [9.17, 15) is 9.90 Å². The van der Waals surface area contributed by atoms with Gasteiger partial charge in [0.05, 0.1) is 5.56 Å². The first-order valence-corrected chi connectivity index (χ1v) is 6.74. The predicted octanol–water partition coefficient (Wildman–Crippen LogP) is 3.22. The molecule has 0 aromatic heterocycles. The lowest BCUT2D eigenvalue weighted by molar-refractivity contribution is 0.0997. The Labute approximate surface area is 113 Å². The molecule has 0 saturated carbocycles. The third kappa shape index (κ3) is 4.22. The number of nitrogens with two attached hydrogens (primary N) is 1. The van der Waals surface area contributed by atoms with Crippen molar-refractivity contribution >= 4 is 17.5 Å². The standard InChI is InChI=1S/C14H20ClNO2/c1-2-11(15)8-4-3-6-10-7-5-9-12(13(10)17)14(16)18/h5,7,9,11,17H,2-4,6,8H2,1H3,(H2,16,18). The van der Waals surface area contributed by atoms with Crippen LogP contribution in [0.3, 0.4) is 0 Å². The zero-order valence-corrected chi connectivity index (χ0v) is 11.4. The molecule has 0 radical (unpaired) electrons. The van der Waals surface area contributed by atoms with Gasteiger partial charge in [-0.1, -0.05) is 25.5 Å². The Kier molecular flexibility index (Phi) is 5.99. The van der Waals surface area contributed by atoms with Gasteiger partial charge in [-0.2, -0.15) is 0 Å². The van der Waals surface area contributed by atoms with E-state index in [0.29, 0.717) is 0 Å². The van der Waals surface area contributed by atoms with E-state index in [1.807, 2.05) is 6.07 Å². The number of para-hydroxylation sites is 1. The highest BCUT2D eigenvalue weighted by molar-refractivity contribution is 6.20. The molecule has 1 aromatic rings. The molecule has 0 saturated heterocycles. The van der Waals surface area contributed by atoms with E-state index >= 15 is 0 Å². The SMILES string of the molecule is CCC(Cl)CCCCc1cccc(C(N)=O)c1O. The number of hydrogen-bond acceptors (Lipinski definition) is 2. The topological polar surface area (TPSA) is 63.3 Å². The number of rotatable bonds is 7. The minimum absolute atomic E-state index is 0.0166. The zero-order chi connectivity index (χ0) is 13.5. The molecular weight excluding hydrogens is 250 g/mol. The number of amides is 1. The molecule has 3 N–H and O–H groups in total. The van der Waals surface area contributed by atoms with Crippen LogP contribution in [0.1, 0.15) is 48.5 Å². The van der Waals surface area contributed by atoms with Crippen molar-refractivity contribution in [3.05, 3.63) is 29.3 Å². The number of aromatic hydroxyl groups is 1. The summed E-state index contributed by atoms with van der Waals surface area (Å²) in [4.78, 5) is 11.1. The molecule has 18 heavy (non-hydrogen) atoms. The molecule has 0 aliphatic rings. The molecule has 1 rings (SSSR count). The number of aryl methyl sites for hydroxylation is 1. The second-order valence-corrected chi connectivity index (χ2v) is 5.05. The van der Waals surface area contributed by atoms with Crippen LogP contribution in [0, 0.1) is 0 Å². The van der Waals surface area contributed by atoms with Crippen LogP contribution < -0.4 is 5.73 Å². The third-order valence-electron chi connectivity index (χ3n) is 3.04. The lowest BCUT2D eigenvalue weighted by Gasteiger charge is -2.08. The van der Waals surface area contributed by atoms with Crippen LogP contribution in [0.4, 0.5) is 0 Å². The van der Waals surface area contributed by atoms with Gasteiger partial charge >= 0.3 is 0 Å². The molecule has 4 heteroatoms. The van der Waals surface area contributed by atoms with Gasteiger partial charge in [0.15, 0.2) is 0 Å². The summed E-state index contributed by atoms with van der Waals surface area (Å²) in [5, 5.41) is 10.1. The van der Waals surface area contributed by atoms with Crippen molar-refractivity contribution in [2.45, 2.75) is 44.4 Å². The van der Waals surface area contributed by atoms with E-state index in [0.717, 1.165) is 37.7 Å². The number of phenols is 1. The molecule has 0 bridgehead atoms. The molecule has 100 valence electrons. The van der Waals surface area contributed by atoms with Crippen molar-refractivity contribution in [1.29, 1.82) is 0 Å². The number of halogens is 1. The van der Waals surface area contributed by atoms with E-state index in [1.54, 1.807) is 6.07 Å². The Balaban J connectivity index is 2.53. The monoisotopic (exact) mass is 269 g/mol. The second-order valence-electron chi connectivity index (χ2n) is 4.43. The zero-order valence-electron chi connectivity index (χ0n) is 10.7. The van der Waals surface area contributed by atoms with Gasteiger partial charge in [-0.3, -0.25) is 4.79 Å². The van der Waals surface area contributed by atoms with E-state index in [1.165, 1.54) is 6.07 Å². The van der Waals surface area contributed by atoms with Gasteiger partial charge in [0.25, 0.3) is 5.91 Å². The number of hydrogen-bond donors (Lipinski definition) is 2. The normalized spacial score (nSPS) is 12.3. The summed E-state index contributed by atoms with van der Waals surface area (Å²) in [5.41, 5.74) is 6.14. The Bertz CT molecular complexity index is 407. The maximum Gasteiger partial charge on any atom is 0.252 e. The van der Waals surface area contributed by atoms with Gasteiger partial charge in [-0.15, -0.1) is 11.6 Å². The van der Waals surface area contributed by atoms with Crippen LogP contribution >= 0.6 is 11.6 Å². The van der Waals surface area contributed by atoms with Crippen molar-refractivity contribution in [2.24, 2.45) is 5.73 Å². The maximum absolute atomic E-state index is 11.1. The number of unbranched alkanes of at least 4 members (excludes halogenated alkanes) is 1. The van der Waals surface area contributed by atoms with Crippen molar-refractivity contribution in [3.8, 4) is 5.75 Å². The summed E-state index contributed by atoms with van der Waals surface area (Å²) in [6.45, 7) is 2.07. The minimum Gasteiger partial charge on any atom is -0.507 e. The second kappa shape index (κ2) is 7.27. The minimum atomic E-state index is -0.596. The van der Waals surface area contributed by atoms with Gasteiger partial charge in [0, 0.05) is 5.38 Å². The largest absolute Gasteiger partial charge is 0.507 e. The summed E-state index contributed by atoms with van der Waals surface area (Å²) < 4.78 is 0. The average Bonchev–Trinajstić information content (AvgIpc) is 2.35. The number of alkyl halides is 1. The van der Waals surface area contributed by atoms with Gasteiger partial charge in [-0.05, 0) is 37.3 Å². The van der Waals surface area contributed by atoms with Crippen molar-refractivity contribution in [3.63, 3.8) is 0 Å². The molecule has 1 amide bonds. The highest BCUT2D eigenvalue weighted by Gasteiger charge is 2.11. The third-order valence-corrected chi connectivity index (χ3v) is 3.57. The van der Waals surface area contributed by atoms with Crippen LogP contribution in [0.2, 0.25) is 0 Å². The summed E-state index contributed by atoms with van der Waals surface area (Å²) in [5.74, 6) is -0.580. The van der Waals surface area contributed by atoms with E-state index in [4.69, 9.17) is 17.3 Å². The first kappa shape index (κ1) is 14.8. The van der Waals surface area contributed by atoms with Crippen LogP contribution in [0.25, 0.3) is 0 Å². The number of primary amides is 1. The quantitative estimate of drug-likeness (QED) is 0.590. The molecule has 0 heterocycles. The predicted molar refractivity (Wildman–Crippen MR) is 74.1 cm³/mol. The molecule has 0 aliphatic carbocycles. The Hall–Kier alpha value is -1.22. The first-order valence-electron chi connectivity index (χ1n) is 6.31. The highest BCUT2D eigenvalue weighted by Crippen LogP contribution is 2.24. The number of carbonyl (C=O) groups is 1. The van der Waals surface area contributed by atoms with Gasteiger partial charge in [-0.25, -0.2) is 0 Å². The summed E-state index contributed by atoms with van der Waals surface area (Å²) >= 11 is 6.03. The average molecular weight is 270 g/mol. The van der Waals surface area contributed by atoms with Crippen molar-refractivity contribution in [2.75, 3.05) is 0 Å². The summed E-state index contributed by atoms with van der Waals surface area (Å²) in [6, 6.07) is 5.10. The highest BCUT2D eigenvalue weighted by atomic mass is 35.5. The molecule has 1 aromatic carbocycles. The fourth-order valence-corrected chi connectivity index (χ4v) is 2.03. The Morgan fingerprint density at radius 3 is 2.78 bits per heavy atom. The molecule has 1 atom stereocenters. The van der Waals surface area contributed by atoms with Gasteiger partial charge in [0.1, 0.15) is 5.75 Å². The Morgan fingerprint density at radius 2 is 2.17 bits per heavy atom. The van der Waals surface area contributed by atoms with Crippen molar-refractivity contribution < 1.29 is 9.90 Å². The van der Waals surface area contributed by atoms with E-state index in [-0.39, 0.29) is 16.7 Å². The lowest BCUT2D eigenvalue weighted by Crippen LogP contribution is -2.11. The van der Waals surface area contributed by atoms with Crippen molar-refractivity contribution in [1.82, 2.24) is 0 Å². The molecule has 0 aliphatic heterocycles. The maximum atomic E-state index is 11.1. The van der Waals surface area contributed by atoms with Crippen LogP contribution in [-0.4, -0.2) is 16.4 Å². The summed E-state index contributed by atoms with van der Waals surface area (Å²) in [6.07, 6.45) is 4.65. The number of benzene rings is 1. The first-order chi connectivity index (χ1) is 8.56. The van der Waals surface area contributed by atoms with E-state index < -0.39 is 5.91 Å². The molecule has 0 spiro atoms. The molecule has 0 fully saturated rings. The van der Waals surface area contributed by atoms with E-state index in [2.05, 4.69) is 6.92 Å². The fourth-order valence-electron chi connectivity index (χ4n) is 1.88. The fraction of sp³-hybridized carbons (Fsp3) is 0.500. The van der Waals surface area contributed by atoms with Crippen LogP contribution in [0.5, 0.6) is 5.75 Å². The molecule has 3 nitrogen and oxygen atoms in total. The van der Waals surface area contributed by atoms with Gasteiger partial charge < -0.3 is 10.8 Å². The Morgan fingerprint density at radius 1 is 1.44 bits per heavy atom. The van der Waals surface area contributed by atoms with Gasteiger partial charge in [0.2, 0.25) is 0 Å².